The average Bonchev–Trinajstić information content (AvgIpc) is 2.03. The Hall–Kier alpha value is -1.58. The predicted octanol–water partition coefficient (Wildman–Crippen LogP) is 1.08. The summed E-state index contributed by atoms with van der Waals surface area (Å²) in [5, 5.41) is 5.54. The number of nitrogens with one attached hydrogen (secondary N) is 2. The number of nitrogens with zero attached hydrogens (tertiary/aromatic N) is 1. The first-order valence-corrected chi connectivity index (χ1v) is 3.64. The van der Waals surface area contributed by atoms with Crippen molar-refractivity contribution in [2.45, 2.75) is 6.92 Å². The monoisotopic (exact) mass is 165 g/mol. The molecule has 1 aromatic heterocycles. The summed E-state index contributed by atoms with van der Waals surface area (Å²) in [6.07, 6.45) is 1.64. The summed E-state index contributed by atoms with van der Waals surface area (Å²) in [6.45, 7) is 1.45. The highest BCUT2D eigenvalue weighted by Gasteiger charge is 1.96. The molecule has 64 valence electrons. The molecule has 1 rings (SSSR count). The van der Waals surface area contributed by atoms with Crippen LogP contribution in [0.1, 0.15) is 6.92 Å². The van der Waals surface area contributed by atoms with E-state index in [2.05, 4.69) is 15.6 Å². The molecule has 0 bridgehead atoms. The Kier molecular flexibility index (Phi) is 2.63. The lowest BCUT2D eigenvalue weighted by Crippen LogP contribution is -2.07. The van der Waals surface area contributed by atoms with E-state index in [-0.39, 0.29) is 5.91 Å². The van der Waals surface area contributed by atoms with Crippen LogP contribution in [0.25, 0.3) is 0 Å². The summed E-state index contributed by atoms with van der Waals surface area (Å²) < 4.78 is 0. The Morgan fingerprint density at radius 1 is 1.58 bits per heavy atom. The second-order valence-corrected chi connectivity index (χ2v) is 2.36. The van der Waals surface area contributed by atoms with E-state index < -0.39 is 0 Å². The maximum absolute atomic E-state index is 10.6. The zero-order chi connectivity index (χ0) is 8.97. The number of hydrogen-bond acceptors (Lipinski definition) is 3. The highest BCUT2D eigenvalue weighted by molar-refractivity contribution is 5.87. The van der Waals surface area contributed by atoms with Gasteiger partial charge in [-0.2, -0.15) is 0 Å². The van der Waals surface area contributed by atoms with Gasteiger partial charge in [-0.3, -0.25) is 4.79 Å². The minimum absolute atomic E-state index is 0.115. The first kappa shape index (κ1) is 8.52. The molecule has 0 atom stereocenters. The molecule has 1 aromatic rings. The van der Waals surface area contributed by atoms with Gasteiger partial charge in [0.05, 0.1) is 0 Å². The van der Waals surface area contributed by atoms with Crippen molar-refractivity contribution in [3.63, 3.8) is 0 Å². The molecule has 0 spiro atoms. The fourth-order valence-electron chi connectivity index (χ4n) is 0.835. The first-order valence-electron chi connectivity index (χ1n) is 3.64. The average molecular weight is 165 g/mol. The van der Waals surface area contributed by atoms with Gasteiger partial charge in [0.1, 0.15) is 5.82 Å². The fraction of sp³-hybridized carbons (Fsp3) is 0.250. The van der Waals surface area contributed by atoms with Gasteiger partial charge in [0.2, 0.25) is 5.91 Å². The third-order valence-electron chi connectivity index (χ3n) is 1.35. The highest BCUT2D eigenvalue weighted by Crippen LogP contribution is 2.10. The topological polar surface area (TPSA) is 54.0 Å². The molecule has 1 amide bonds. The Bertz CT molecular complexity index is 285. The lowest BCUT2D eigenvalue weighted by molar-refractivity contribution is -0.114. The van der Waals surface area contributed by atoms with Gasteiger partial charge in [0, 0.05) is 31.9 Å². The van der Waals surface area contributed by atoms with Gasteiger partial charge in [-0.1, -0.05) is 0 Å². The number of hydrogen-bond donors (Lipinski definition) is 2. The molecule has 0 aliphatic heterocycles. The second-order valence-electron chi connectivity index (χ2n) is 2.36. The minimum Gasteiger partial charge on any atom is -0.388 e. The van der Waals surface area contributed by atoms with E-state index in [1.165, 1.54) is 6.92 Å². The molecule has 12 heavy (non-hydrogen) atoms. The number of aromatic nitrogens is 1. The van der Waals surface area contributed by atoms with Crippen molar-refractivity contribution in [2.75, 3.05) is 17.7 Å². The third-order valence-corrected chi connectivity index (χ3v) is 1.35. The van der Waals surface area contributed by atoms with Crippen molar-refractivity contribution in [3.05, 3.63) is 18.3 Å². The summed E-state index contributed by atoms with van der Waals surface area (Å²) in [5.74, 6) is 0.449. The first-order chi connectivity index (χ1) is 5.72. The molecule has 0 radical (unpaired) electrons. The lowest BCUT2D eigenvalue weighted by Gasteiger charge is -2.03. The van der Waals surface area contributed by atoms with Crippen LogP contribution in [0.15, 0.2) is 18.3 Å². The summed E-state index contributed by atoms with van der Waals surface area (Å²) in [7, 11) is 1.81. The molecule has 2 N–H and O–H groups in total. The number of carbonyl (C=O) groups is 1. The molecule has 4 nitrogen and oxygen atoms in total. The molecule has 0 saturated heterocycles. The fourth-order valence-corrected chi connectivity index (χ4v) is 0.835. The van der Waals surface area contributed by atoms with Crippen molar-refractivity contribution >= 4 is 17.4 Å². The summed E-state index contributed by atoms with van der Waals surface area (Å²) in [5.41, 5.74) is 0.925. The van der Waals surface area contributed by atoms with Crippen LogP contribution in [0.5, 0.6) is 0 Å². The normalized spacial score (nSPS) is 9.17. The summed E-state index contributed by atoms with van der Waals surface area (Å²) >= 11 is 0. The van der Waals surface area contributed by atoms with Crippen LogP contribution in [-0.4, -0.2) is 17.9 Å². The largest absolute Gasteiger partial charge is 0.388 e. The van der Waals surface area contributed by atoms with Crippen LogP contribution in [0.4, 0.5) is 11.5 Å². The Morgan fingerprint density at radius 2 is 2.33 bits per heavy atom. The number of rotatable bonds is 2. The van der Waals surface area contributed by atoms with E-state index in [0.29, 0.717) is 5.82 Å². The van der Waals surface area contributed by atoms with E-state index in [9.17, 15) is 4.79 Å². The number of carbonyl (C=O) groups excluding carboxylic acids is 1. The van der Waals surface area contributed by atoms with Crippen LogP contribution in [0.3, 0.4) is 0 Å². The highest BCUT2D eigenvalue weighted by atomic mass is 16.1. The number of amides is 1. The van der Waals surface area contributed by atoms with Gasteiger partial charge in [0.15, 0.2) is 0 Å². The number of pyridine rings is 1. The van der Waals surface area contributed by atoms with Gasteiger partial charge in [-0.05, 0) is 6.07 Å². The quantitative estimate of drug-likeness (QED) is 0.689. The zero-order valence-corrected chi connectivity index (χ0v) is 7.09. The Morgan fingerprint density at radius 3 is 2.92 bits per heavy atom. The lowest BCUT2D eigenvalue weighted by atomic mass is 10.4. The Balaban J connectivity index is 2.79. The molecular formula is C8H11N3O. The smallest absolute Gasteiger partial charge is 0.222 e. The van der Waals surface area contributed by atoms with Crippen LogP contribution in [0, 0.1) is 0 Å². The predicted molar refractivity (Wildman–Crippen MR) is 48.1 cm³/mol. The van der Waals surface area contributed by atoms with Crippen molar-refractivity contribution in [2.24, 2.45) is 0 Å². The van der Waals surface area contributed by atoms with E-state index in [0.717, 1.165) is 5.69 Å². The van der Waals surface area contributed by atoms with Crippen LogP contribution < -0.4 is 10.6 Å². The molecule has 0 aliphatic carbocycles. The van der Waals surface area contributed by atoms with E-state index >= 15 is 0 Å². The maximum atomic E-state index is 10.6. The molecule has 4 heteroatoms. The van der Waals surface area contributed by atoms with E-state index in [4.69, 9.17) is 0 Å². The zero-order valence-electron chi connectivity index (χ0n) is 7.09. The van der Waals surface area contributed by atoms with Gasteiger partial charge in [0.25, 0.3) is 0 Å². The van der Waals surface area contributed by atoms with Crippen molar-refractivity contribution in [1.29, 1.82) is 0 Å². The molecule has 0 saturated carbocycles. The van der Waals surface area contributed by atoms with Crippen LogP contribution >= 0.6 is 0 Å². The van der Waals surface area contributed by atoms with Crippen LogP contribution in [0.2, 0.25) is 0 Å². The summed E-state index contributed by atoms with van der Waals surface area (Å²) in [6, 6.07) is 3.59. The maximum Gasteiger partial charge on any atom is 0.222 e. The van der Waals surface area contributed by atoms with Crippen molar-refractivity contribution in [1.82, 2.24) is 4.98 Å². The van der Waals surface area contributed by atoms with Gasteiger partial charge < -0.3 is 10.6 Å². The van der Waals surface area contributed by atoms with Gasteiger partial charge in [-0.25, -0.2) is 4.98 Å². The third kappa shape index (κ3) is 2.23. The summed E-state index contributed by atoms with van der Waals surface area (Å²) in [4.78, 5) is 14.6. The van der Waals surface area contributed by atoms with Gasteiger partial charge in [-0.15, -0.1) is 0 Å². The number of anilines is 2. The molecule has 0 aliphatic rings. The van der Waals surface area contributed by atoms with E-state index in [1.54, 1.807) is 12.3 Å². The van der Waals surface area contributed by atoms with Gasteiger partial charge >= 0.3 is 0 Å². The minimum atomic E-state index is -0.115. The molecule has 0 fully saturated rings. The molecule has 0 unspecified atom stereocenters. The SMILES string of the molecule is CNc1ccnc(NC(C)=O)c1. The standard InChI is InChI=1S/C8H11N3O/c1-6(12)11-8-5-7(9-2)3-4-10-8/h3-5H,1-2H3,(H2,9,10,11,12). The van der Waals surface area contributed by atoms with E-state index in [1.807, 2.05) is 13.1 Å². The molecular weight excluding hydrogens is 154 g/mol. The second kappa shape index (κ2) is 3.71. The molecule has 1 heterocycles. The Labute approximate surface area is 71.0 Å². The van der Waals surface area contributed by atoms with Crippen molar-refractivity contribution < 1.29 is 4.79 Å². The van der Waals surface area contributed by atoms with Crippen LogP contribution in [-0.2, 0) is 4.79 Å². The van der Waals surface area contributed by atoms with Crippen molar-refractivity contribution in [3.8, 4) is 0 Å². The molecule has 0 aromatic carbocycles.